The molecule has 0 unspecified atom stereocenters. The zero-order valence-corrected chi connectivity index (χ0v) is 11.4. The molecule has 0 radical (unpaired) electrons. The number of aryl methyl sites for hydroxylation is 1. The third-order valence-corrected chi connectivity index (χ3v) is 4.79. The van der Waals surface area contributed by atoms with Crippen molar-refractivity contribution in [2.45, 2.75) is 13.0 Å². The van der Waals surface area contributed by atoms with Crippen LogP contribution in [0.1, 0.15) is 15.4 Å². The van der Waals surface area contributed by atoms with Gasteiger partial charge >= 0.3 is 0 Å². The van der Waals surface area contributed by atoms with Crippen molar-refractivity contribution in [3.63, 3.8) is 0 Å². The normalized spacial score (nSPS) is 15.8. The number of carbonyl (C=O) groups excluding carboxylic acids is 1. The third kappa shape index (κ3) is 1.96. The standard InChI is InChI=1S/C12H12N2O2S2/c1-7-10(12(16)14-4-9(15)5-14)18-11(13-7)8-2-3-17-6-8/h2-3,6,9,15H,4-5H2,1H3. The van der Waals surface area contributed by atoms with E-state index in [2.05, 4.69) is 4.98 Å². The number of carbonyl (C=O) groups is 1. The van der Waals surface area contributed by atoms with Gasteiger partial charge in [-0.25, -0.2) is 4.98 Å². The molecule has 18 heavy (non-hydrogen) atoms. The number of thiophene rings is 1. The van der Waals surface area contributed by atoms with Crippen molar-refractivity contribution in [3.05, 3.63) is 27.4 Å². The lowest BCUT2D eigenvalue weighted by Crippen LogP contribution is -2.53. The summed E-state index contributed by atoms with van der Waals surface area (Å²) in [6.07, 6.45) is -0.362. The second-order valence-electron chi connectivity index (χ2n) is 4.31. The maximum atomic E-state index is 12.2. The highest BCUT2D eigenvalue weighted by atomic mass is 32.1. The fourth-order valence-electron chi connectivity index (χ4n) is 1.87. The molecule has 0 atom stereocenters. The summed E-state index contributed by atoms with van der Waals surface area (Å²) in [6.45, 7) is 2.73. The van der Waals surface area contributed by atoms with Gasteiger partial charge in [0.2, 0.25) is 0 Å². The molecule has 1 aliphatic heterocycles. The SMILES string of the molecule is Cc1nc(-c2ccsc2)sc1C(=O)N1CC(O)C1. The molecule has 0 saturated carbocycles. The molecule has 4 nitrogen and oxygen atoms in total. The number of hydrogen-bond acceptors (Lipinski definition) is 5. The summed E-state index contributed by atoms with van der Waals surface area (Å²) < 4.78 is 0. The molecule has 0 bridgehead atoms. The Bertz CT molecular complexity index is 571. The minimum absolute atomic E-state index is 0.0169. The van der Waals surface area contributed by atoms with Crippen LogP contribution < -0.4 is 0 Å². The fraction of sp³-hybridized carbons (Fsp3) is 0.333. The molecule has 1 amide bonds. The van der Waals surface area contributed by atoms with Gasteiger partial charge in [0.1, 0.15) is 9.88 Å². The number of nitrogens with zero attached hydrogens (tertiary/aromatic N) is 2. The van der Waals surface area contributed by atoms with Gasteiger partial charge in [-0.3, -0.25) is 4.79 Å². The quantitative estimate of drug-likeness (QED) is 0.915. The van der Waals surface area contributed by atoms with Crippen LogP contribution in [0.15, 0.2) is 16.8 Å². The number of amides is 1. The summed E-state index contributed by atoms with van der Waals surface area (Å²) in [5.74, 6) is -0.0169. The van der Waals surface area contributed by atoms with E-state index in [4.69, 9.17) is 0 Å². The van der Waals surface area contributed by atoms with E-state index in [1.807, 2.05) is 23.8 Å². The highest BCUT2D eigenvalue weighted by Gasteiger charge is 2.31. The number of β-amino-alcohol motifs (C(OH)–C–C–N with tert-alkyl or cyclic N) is 1. The molecule has 2 aromatic rings. The maximum Gasteiger partial charge on any atom is 0.266 e. The summed E-state index contributed by atoms with van der Waals surface area (Å²) in [6, 6.07) is 2.00. The first-order valence-corrected chi connectivity index (χ1v) is 7.38. The number of rotatable bonds is 2. The minimum atomic E-state index is -0.362. The third-order valence-electron chi connectivity index (χ3n) is 2.91. The molecule has 0 aliphatic carbocycles. The lowest BCUT2D eigenvalue weighted by molar-refractivity contribution is 0.00616. The smallest absolute Gasteiger partial charge is 0.266 e. The minimum Gasteiger partial charge on any atom is -0.389 e. The van der Waals surface area contributed by atoms with E-state index < -0.39 is 0 Å². The van der Waals surface area contributed by atoms with Crippen LogP contribution in [0.5, 0.6) is 0 Å². The maximum absolute atomic E-state index is 12.2. The second kappa shape index (κ2) is 4.46. The number of thiazole rings is 1. The Labute approximate surface area is 113 Å². The Balaban J connectivity index is 1.87. The monoisotopic (exact) mass is 280 g/mol. The van der Waals surface area contributed by atoms with Crippen molar-refractivity contribution in [1.29, 1.82) is 0 Å². The Kier molecular flexibility index (Phi) is 2.93. The van der Waals surface area contributed by atoms with Crippen molar-refractivity contribution >= 4 is 28.6 Å². The Morgan fingerprint density at radius 1 is 1.56 bits per heavy atom. The zero-order valence-electron chi connectivity index (χ0n) is 9.79. The molecule has 0 spiro atoms. The zero-order chi connectivity index (χ0) is 12.7. The highest BCUT2D eigenvalue weighted by Crippen LogP contribution is 2.30. The van der Waals surface area contributed by atoms with Crippen LogP contribution >= 0.6 is 22.7 Å². The number of aromatic nitrogens is 1. The number of aliphatic hydroxyl groups is 1. The van der Waals surface area contributed by atoms with Crippen molar-refractivity contribution in [3.8, 4) is 10.6 Å². The number of aliphatic hydroxyl groups excluding tert-OH is 1. The van der Waals surface area contributed by atoms with Crippen LogP contribution in [0, 0.1) is 6.92 Å². The van der Waals surface area contributed by atoms with Crippen LogP contribution in [0.3, 0.4) is 0 Å². The molecule has 3 rings (SSSR count). The van der Waals surface area contributed by atoms with E-state index in [1.165, 1.54) is 11.3 Å². The summed E-state index contributed by atoms with van der Waals surface area (Å²) in [7, 11) is 0. The van der Waals surface area contributed by atoms with Gasteiger partial charge in [0, 0.05) is 24.0 Å². The van der Waals surface area contributed by atoms with Crippen molar-refractivity contribution in [2.75, 3.05) is 13.1 Å². The van der Waals surface area contributed by atoms with Crippen LogP contribution in [-0.2, 0) is 0 Å². The van der Waals surface area contributed by atoms with E-state index in [0.717, 1.165) is 16.3 Å². The van der Waals surface area contributed by atoms with E-state index in [9.17, 15) is 9.90 Å². The molecular weight excluding hydrogens is 268 g/mol. The van der Waals surface area contributed by atoms with Gasteiger partial charge in [0.05, 0.1) is 11.8 Å². The number of hydrogen-bond donors (Lipinski definition) is 1. The molecule has 0 aromatic carbocycles. The summed E-state index contributed by atoms with van der Waals surface area (Å²) in [5.41, 5.74) is 1.84. The molecule has 2 aromatic heterocycles. The van der Waals surface area contributed by atoms with Gasteiger partial charge in [-0.2, -0.15) is 11.3 Å². The average Bonchev–Trinajstić information content (AvgIpc) is 2.92. The molecule has 1 aliphatic rings. The van der Waals surface area contributed by atoms with Crippen LogP contribution in [-0.4, -0.2) is 40.1 Å². The van der Waals surface area contributed by atoms with Gasteiger partial charge in [0.25, 0.3) is 5.91 Å². The topological polar surface area (TPSA) is 53.4 Å². The van der Waals surface area contributed by atoms with Gasteiger partial charge in [-0.05, 0) is 18.4 Å². The molecular formula is C12H12N2O2S2. The van der Waals surface area contributed by atoms with Crippen molar-refractivity contribution in [2.24, 2.45) is 0 Å². The van der Waals surface area contributed by atoms with Crippen molar-refractivity contribution < 1.29 is 9.90 Å². The van der Waals surface area contributed by atoms with Gasteiger partial charge in [-0.15, -0.1) is 11.3 Å². The summed E-state index contributed by atoms with van der Waals surface area (Å²) in [4.78, 5) is 19.0. The predicted molar refractivity (Wildman–Crippen MR) is 72.1 cm³/mol. The first-order chi connectivity index (χ1) is 8.65. The van der Waals surface area contributed by atoms with E-state index in [0.29, 0.717) is 18.0 Å². The van der Waals surface area contributed by atoms with Crippen LogP contribution in [0.2, 0.25) is 0 Å². The van der Waals surface area contributed by atoms with E-state index in [1.54, 1.807) is 16.2 Å². The first kappa shape index (κ1) is 11.8. The molecule has 3 heterocycles. The lowest BCUT2D eigenvalue weighted by atomic mass is 10.1. The van der Waals surface area contributed by atoms with Crippen molar-refractivity contribution in [1.82, 2.24) is 9.88 Å². The average molecular weight is 280 g/mol. The molecule has 1 saturated heterocycles. The fourth-order valence-corrected chi connectivity index (χ4v) is 3.61. The number of likely N-dealkylation sites (tertiary alicyclic amines) is 1. The van der Waals surface area contributed by atoms with E-state index in [-0.39, 0.29) is 12.0 Å². The first-order valence-electron chi connectivity index (χ1n) is 5.62. The summed E-state index contributed by atoms with van der Waals surface area (Å²) >= 11 is 3.05. The Morgan fingerprint density at radius 3 is 2.94 bits per heavy atom. The second-order valence-corrected chi connectivity index (χ2v) is 6.09. The predicted octanol–water partition coefficient (Wildman–Crippen LogP) is 2.00. The van der Waals surface area contributed by atoms with Crippen LogP contribution in [0.25, 0.3) is 10.6 Å². The largest absolute Gasteiger partial charge is 0.389 e. The molecule has 1 fully saturated rings. The van der Waals surface area contributed by atoms with Gasteiger partial charge < -0.3 is 10.0 Å². The van der Waals surface area contributed by atoms with Gasteiger partial charge in [-0.1, -0.05) is 0 Å². The molecule has 94 valence electrons. The van der Waals surface area contributed by atoms with E-state index >= 15 is 0 Å². The Hall–Kier alpha value is -1.24. The highest BCUT2D eigenvalue weighted by molar-refractivity contribution is 7.17. The molecule has 6 heteroatoms. The summed E-state index contributed by atoms with van der Waals surface area (Å²) in [5, 5.41) is 14.1. The molecule has 1 N–H and O–H groups in total. The van der Waals surface area contributed by atoms with Crippen LogP contribution in [0.4, 0.5) is 0 Å². The lowest BCUT2D eigenvalue weighted by Gasteiger charge is -2.35. The van der Waals surface area contributed by atoms with Gasteiger partial charge in [0.15, 0.2) is 0 Å². The Morgan fingerprint density at radius 2 is 2.33 bits per heavy atom.